The fraction of sp³-hybridized carbons (Fsp3) is 0.529. The van der Waals surface area contributed by atoms with E-state index in [2.05, 4.69) is 10.1 Å². The minimum absolute atomic E-state index is 0.0588. The van der Waals surface area contributed by atoms with Crippen LogP contribution in [-0.4, -0.2) is 51.3 Å². The third-order valence-corrected chi connectivity index (χ3v) is 6.43. The van der Waals surface area contributed by atoms with Gasteiger partial charge >= 0.3 is 5.97 Å². The standard InChI is InChI=1S/C17H23ClN2O5S/c1-25-16(21)6-5-9-19-17(22)14-12-13(7-8-15(14)18)26(23,24)20-10-3-2-4-11-20/h7-8,12H,2-6,9-11H2,1H3,(H,19,22). The van der Waals surface area contributed by atoms with Crippen LogP contribution in [0, 0.1) is 0 Å². The van der Waals surface area contributed by atoms with Crippen molar-refractivity contribution in [1.29, 1.82) is 0 Å². The number of amides is 1. The van der Waals surface area contributed by atoms with E-state index in [-0.39, 0.29) is 34.4 Å². The van der Waals surface area contributed by atoms with Crippen LogP contribution in [0.2, 0.25) is 5.02 Å². The molecule has 1 N–H and O–H groups in total. The van der Waals surface area contributed by atoms with Gasteiger partial charge in [-0.25, -0.2) is 8.42 Å². The van der Waals surface area contributed by atoms with Gasteiger partial charge in [0.25, 0.3) is 5.91 Å². The first-order valence-electron chi connectivity index (χ1n) is 8.51. The molecule has 7 nitrogen and oxygen atoms in total. The molecule has 1 aromatic rings. The van der Waals surface area contributed by atoms with Crippen molar-refractivity contribution < 1.29 is 22.7 Å². The van der Waals surface area contributed by atoms with Gasteiger partial charge in [0.05, 0.1) is 22.6 Å². The van der Waals surface area contributed by atoms with Crippen LogP contribution in [0.4, 0.5) is 0 Å². The van der Waals surface area contributed by atoms with Crippen LogP contribution in [0.15, 0.2) is 23.1 Å². The van der Waals surface area contributed by atoms with Gasteiger partial charge in [-0.2, -0.15) is 4.31 Å². The predicted octanol–water partition coefficient (Wildman–Crippen LogP) is 2.20. The highest BCUT2D eigenvalue weighted by Gasteiger charge is 2.27. The molecule has 0 aliphatic carbocycles. The zero-order valence-electron chi connectivity index (χ0n) is 14.7. The molecule has 144 valence electrons. The number of hydrogen-bond donors (Lipinski definition) is 1. The summed E-state index contributed by atoms with van der Waals surface area (Å²) in [5.74, 6) is -0.831. The first kappa shape index (κ1) is 20.7. The Morgan fingerprint density at radius 1 is 1.23 bits per heavy atom. The number of rotatable bonds is 7. The summed E-state index contributed by atoms with van der Waals surface area (Å²) < 4.78 is 31.5. The Balaban J connectivity index is 2.08. The zero-order chi connectivity index (χ0) is 19.2. The topological polar surface area (TPSA) is 92.8 Å². The third kappa shape index (κ3) is 5.18. The molecule has 1 aliphatic rings. The van der Waals surface area contributed by atoms with Crippen LogP contribution in [-0.2, 0) is 19.6 Å². The molecule has 1 aromatic carbocycles. The highest BCUT2D eigenvalue weighted by Crippen LogP contribution is 2.25. The number of piperidine rings is 1. The maximum absolute atomic E-state index is 12.7. The second-order valence-electron chi connectivity index (χ2n) is 6.04. The number of ether oxygens (including phenoxy) is 1. The normalized spacial score (nSPS) is 15.5. The number of hydrogen-bond acceptors (Lipinski definition) is 5. The fourth-order valence-corrected chi connectivity index (χ4v) is 4.47. The van der Waals surface area contributed by atoms with Gasteiger partial charge in [-0.15, -0.1) is 0 Å². The lowest BCUT2D eigenvalue weighted by atomic mass is 10.2. The number of sulfonamides is 1. The Morgan fingerprint density at radius 2 is 1.92 bits per heavy atom. The number of carbonyl (C=O) groups is 2. The Kier molecular flexibility index (Phi) is 7.43. The number of methoxy groups -OCH3 is 1. The van der Waals surface area contributed by atoms with Crippen LogP contribution in [0.3, 0.4) is 0 Å². The van der Waals surface area contributed by atoms with Gasteiger partial charge in [-0.3, -0.25) is 9.59 Å². The molecule has 2 rings (SSSR count). The molecule has 0 saturated carbocycles. The smallest absolute Gasteiger partial charge is 0.305 e. The van der Waals surface area contributed by atoms with Gasteiger partial charge in [0.15, 0.2) is 0 Å². The van der Waals surface area contributed by atoms with E-state index < -0.39 is 15.9 Å². The lowest BCUT2D eigenvalue weighted by Gasteiger charge is -2.26. The van der Waals surface area contributed by atoms with Crippen molar-refractivity contribution in [1.82, 2.24) is 9.62 Å². The third-order valence-electron chi connectivity index (χ3n) is 4.21. The molecular weight excluding hydrogens is 380 g/mol. The molecule has 0 bridgehead atoms. The highest BCUT2D eigenvalue weighted by molar-refractivity contribution is 7.89. The summed E-state index contributed by atoms with van der Waals surface area (Å²) in [6.45, 7) is 1.23. The first-order valence-corrected chi connectivity index (χ1v) is 10.3. The van der Waals surface area contributed by atoms with Crippen molar-refractivity contribution in [2.45, 2.75) is 37.0 Å². The van der Waals surface area contributed by atoms with Gasteiger partial charge < -0.3 is 10.1 Å². The summed E-state index contributed by atoms with van der Waals surface area (Å²) in [7, 11) is -2.34. The van der Waals surface area contributed by atoms with Crippen molar-refractivity contribution in [2.24, 2.45) is 0 Å². The van der Waals surface area contributed by atoms with E-state index in [1.165, 1.54) is 29.6 Å². The maximum Gasteiger partial charge on any atom is 0.305 e. The van der Waals surface area contributed by atoms with Crippen LogP contribution in [0.25, 0.3) is 0 Å². The van der Waals surface area contributed by atoms with Gasteiger partial charge in [0, 0.05) is 26.1 Å². The minimum atomic E-state index is -3.64. The second-order valence-corrected chi connectivity index (χ2v) is 8.39. The summed E-state index contributed by atoms with van der Waals surface area (Å²) in [5, 5.41) is 2.81. The van der Waals surface area contributed by atoms with E-state index in [9.17, 15) is 18.0 Å². The quantitative estimate of drug-likeness (QED) is 0.557. The summed E-state index contributed by atoms with van der Waals surface area (Å²) in [4.78, 5) is 23.4. The van der Waals surface area contributed by atoms with Crippen molar-refractivity contribution in [3.63, 3.8) is 0 Å². The number of halogens is 1. The van der Waals surface area contributed by atoms with Crippen molar-refractivity contribution in [3.05, 3.63) is 28.8 Å². The number of carbonyl (C=O) groups excluding carboxylic acids is 2. The summed E-state index contributed by atoms with van der Waals surface area (Å²) in [5.41, 5.74) is 0.0998. The lowest BCUT2D eigenvalue weighted by molar-refractivity contribution is -0.140. The monoisotopic (exact) mass is 402 g/mol. The molecule has 1 aliphatic heterocycles. The molecule has 0 spiro atoms. The Hall–Kier alpha value is -1.64. The Bertz CT molecular complexity index is 760. The van der Waals surface area contributed by atoms with Crippen molar-refractivity contribution in [2.75, 3.05) is 26.7 Å². The van der Waals surface area contributed by atoms with Crippen LogP contribution >= 0.6 is 11.6 Å². The van der Waals surface area contributed by atoms with E-state index in [4.69, 9.17) is 11.6 Å². The Morgan fingerprint density at radius 3 is 2.58 bits per heavy atom. The van der Waals surface area contributed by atoms with Crippen LogP contribution in [0.5, 0.6) is 0 Å². The molecule has 1 saturated heterocycles. The molecule has 0 unspecified atom stereocenters. The average Bonchev–Trinajstić information content (AvgIpc) is 2.65. The van der Waals surface area contributed by atoms with Gasteiger partial charge in [-0.05, 0) is 37.5 Å². The second kappa shape index (κ2) is 9.34. The van der Waals surface area contributed by atoms with E-state index in [0.717, 1.165) is 19.3 Å². The van der Waals surface area contributed by atoms with Gasteiger partial charge in [-0.1, -0.05) is 18.0 Å². The van der Waals surface area contributed by atoms with E-state index in [1.54, 1.807) is 0 Å². The highest BCUT2D eigenvalue weighted by atomic mass is 35.5. The van der Waals surface area contributed by atoms with Gasteiger partial charge in [0.1, 0.15) is 0 Å². The summed E-state index contributed by atoms with van der Waals surface area (Å²) in [6.07, 6.45) is 3.29. The maximum atomic E-state index is 12.7. The molecule has 0 radical (unpaired) electrons. The lowest BCUT2D eigenvalue weighted by Crippen LogP contribution is -2.35. The Labute approximate surface area is 158 Å². The minimum Gasteiger partial charge on any atom is -0.469 e. The molecule has 0 atom stereocenters. The van der Waals surface area contributed by atoms with Crippen LogP contribution in [0.1, 0.15) is 42.5 Å². The largest absolute Gasteiger partial charge is 0.469 e. The number of nitrogens with one attached hydrogen (secondary N) is 1. The van der Waals surface area contributed by atoms with E-state index >= 15 is 0 Å². The zero-order valence-corrected chi connectivity index (χ0v) is 16.2. The summed E-state index contributed by atoms with van der Waals surface area (Å²) in [6, 6.07) is 4.14. The predicted molar refractivity (Wildman–Crippen MR) is 97.6 cm³/mol. The molecule has 1 heterocycles. The van der Waals surface area contributed by atoms with Gasteiger partial charge in [0.2, 0.25) is 10.0 Å². The van der Waals surface area contributed by atoms with E-state index in [0.29, 0.717) is 19.5 Å². The average molecular weight is 403 g/mol. The molecule has 1 fully saturated rings. The SMILES string of the molecule is COC(=O)CCCNC(=O)c1cc(S(=O)(=O)N2CCCCC2)ccc1Cl. The first-order chi connectivity index (χ1) is 12.4. The number of nitrogens with zero attached hydrogens (tertiary/aromatic N) is 1. The fourth-order valence-electron chi connectivity index (χ4n) is 2.73. The van der Waals surface area contributed by atoms with Crippen molar-refractivity contribution >= 4 is 33.5 Å². The number of esters is 1. The molecule has 0 aromatic heterocycles. The van der Waals surface area contributed by atoms with E-state index in [1.807, 2.05) is 0 Å². The van der Waals surface area contributed by atoms with Crippen LogP contribution < -0.4 is 5.32 Å². The molecule has 1 amide bonds. The molecule has 26 heavy (non-hydrogen) atoms. The van der Waals surface area contributed by atoms with Crippen molar-refractivity contribution in [3.8, 4) is 0 Å². The molecular formula is C17H23ClN2O5S. The molecule has 9 heteroatoms. The number of benzene rings is 1. The summed E-state index contributed by atoms with van der Waals surface area (Å²) >= 11 is 6.07.